The molecule has 0 fully saturated rings. The molecule has 0 unspecified atom stereocenters. The minimum Gasteiger partial charge on any atom is -0.316 e. The average molecular weight is 227 g/mol. The van der Waals surface area contributed by atoms with E-state index in [1.54, 1.807) is 0 Å². The predicted octanol–water partition coefficient (Wildman–Crippen LogP) is 3.14. The first kappa shape index (κ1) is 13.1. The number of benzene rings is 1. The van der Waals surface area contributed by atoms with Gasteiger partial charge >= 0.3 is 0 Å². The summed E-state index contributed by atoms with van der Waals surface area (Å²) in [5, 5.41) is 3.27. The van der Waals surface area contributed by atoms with Crippen LogP contribution in [0.3, 0.4) is 0 Å². The summed E-state index contributed by atoms with van der Waals surface area (Å²) in [6, 6.07) is 3.65. The molecular weight excluding hydrogens is 208 g/mol. The molecule has 1 aromatic carbocycles. The highest BCUT2D eigenvalue weighted by atomic mass is 19.1. The van der Waals surface area contributed by atoms with Gasteiger partial charge in [-0.15, -0.1) is 0 Å². The van der Waals surface area contributed by atoms with Crippen molar-refractivity contribution in [2.24, 2.45) is 5.41 Å². The molecule has 1 nitrogen and oxygen atoms in total. The summed E-state index contributed by atoms with van der Waals surface area (Å²) >= 11 is 0. The van der Waals surface area contributed by atoms with E-state index in [1.165, 1.54) is 12.1 Å². The molecule has 0 atom stereocenters. The van der Waals surface area contributed by atoms with Crippen molar-refractivity contribution in [2.75, 3.05) is 13.1 Å². The van der Waals surface area contributed by atoms with Gasteiger partial charge in [0.2, 0.25) is 0 Å². The van der Waals surface area contributed by atoms with Crippen LogP contribution in [-0.4, -0.2) is 13.1 Å². The molecule has 0 heterocycles. The highest BCUT2D eigenvalue weighted by Crippen LogP contribution is 2.11. The molecular formula is C13H19F2N. The Kier molecular flexibility index (Phi) is 4.42. The predicted molar refractivity (Wildman–Crippen MR) is 62.4 cm³/mol. The first-order valence-electron chi connectivity index (χ1n) is 5.52. The van der Waals surface area contributed by atoms with Gasteiger partial charge in [-0.25, -0.2) is 8.78 Å². The zero-order chi connectivity index (χ0) is 12.2. The highest BCUT2D eigenvalue weighted by Gasteiger charge is 2.08. The second-order valence-electron chi connectivity index (χ2n) is 5.27. The monoisotopic (exact) mass is 227 g/mol. The van der Waals surface area contributed by atoms with Gasteiger partial charge in [-0.3, -0.25) is 0 Å². The van der Waals surface area contributed by atoms with Crippen molar-refractivity contribution in [3.8, 4) is 0 Å². The van der Waals surface area contributed by atoms with E-state index < -0.39 is 11.6 Å². The van der Waals surface area contributed by atoms with Gasteiger partial charge in [0.1, 0.15) is 11.6 Å². The molecule has 16 heavy (non-hydrogen) atoms. The summed E-state index contributed by atoms with van der Waals surface area (Å²) in [6.45, 7) is 8.05. The molecule has 90 valence electrons. The standard InChI is InChI=1S/C13H19F2N/c1-13(2,3)9-16-5-4-10-6-11(14)8-12(15)7-10/h6-8,16H,4-5,9H2,1-3H3. The number of nitrogens with one attached hydrogen (secondary N) is 1. The zero-order valence-corrected chi connectivity index (χ0v) is 10.1. The lowest BCUT2D eigenvalue weighted by atomic mass is 9.97. The van der Waals surface area contributed by atoms with Gasteiger partial charge in [0.25, 0.3) is 0 Å². The van der Waals surface area contributed by atoms with Crippen molar-refractivity contribution in [1.29, 1.82) is 0 Å². The molecule has 0 saturated carbocycles. The maximum absolute atomic E-state index is 12.9. The van der Waals surface area contributed by atoms with Crippen molar-refractivity contribution in [3.63, 3.8) is 0 Å². The lowest BCUT2D eigenvalue weighted by molar-refractivity contribution is 0.381. The second kappa shape index (κ2) is 5.39. The van der Waals surface area contributed by atoms with Crippen molar-refractivity contribution in [1.82, 2.24) is 5.32 Å². The van der Waals surface area contributed by atoms with Crippen molar-refractivity contribution < 1.29 is 8.78 Å². The normalized spacial score (nSPS) is 11.8. The Morgan fingerprint density at radius 3 is 2.12 bits per heavy atom. The summed E-state index contributed by atoms with van der Waals surface area (Å²) in [7, 11) is 0. The van der Waals surface area contributed by atoms with E-state index in [-0.39, 0.29) is 5.41 Å². The first-order valence-corrected chi connectivity index (χ1v) is 5.52. The molecule has 0 aliphatic rings. The number of hydrogen-bond acceptors (Lipinski definition) is 1. The molecule has 0 radical (unpaired) electrons. The van der Waals surface area contributed by atoms with Gasteiger partial charge in [-0.1, -0.05) is 20.8 Å². The van der Waals surface area contributed by atoms with Crippen LogP contribution >= 0.6 is 0 Å². The molecule has 0 amide bonds. The van der Waals surface area contributed by atoms with E-state index in [4.69, 9.17) is 0 Å². The van der Waals surface area contributed by atoms with Crippen LogP contribution in [0.15, 0.2) is 18.2 Å². The van der Waals surface area contributed by atoms with E-state index in [0.717, 1.165) is 19.2 Å². The quantitative estimate of drug-likeness (QED) is 0.779. The molecule has 0 spiro atoms. The fraction of sp³-hybridized carbons (Fsp3) is 0.538. The van der Waals surface area contributed by atoms with Gasteiger partial charge in [-0.05, 0) is 36.1 Å². The van der Waals surface area contributed by atoms with Crippen LogP contribution in [0.25, 0.3) is 0 Å². The third-order valence-corrected chi connectivity index (χ3v) is 2.17. The Hall–Kier alpha value is -0.960. The van der Waals surface area contributed by atoms with Crippen LogP contribution in [0.2, 0.25) is 0 Å². The fourth-order valence-corrected chi connectivity index (χ4v) is 1.45. The Balaban J connectivity index is 2.37. The smallest absolute Gasteiger partial charge is 0.126 e. The maximum Gasteiger partial charge on any atom is 0.126 e. The van der Waals surface area contributed by atoms with E-state index in [1.807, 2.05) is 0 Å². The largest absolute Gasteiger partial charge is 0.316 e. The zero-order valence-electron chi connectivity index (χ0n) is 10.1. The summed E-state index contributed by atoms with van der Waals surface area (Å²) < 4.78 is 25.7. The van der Waals surface area contributed by atoms with Crippen LogP contribution in [0.4, 0.5) is 8.78 Å². The molecule has 1 N–H and O–H groups in total. The Morgan fingerprint density at radius 1 is 1.06 bits per heavy atom. The van der Waals surface area contributed by atoms with Crippen LogP contribution < -0.4 is 5.32 Å². The second-order valence-corrected chi connectivity index (χ2v) is 5.27. The minimum absolute atomic E-state index is 0.229. The lowest BCUT2D eigenvalue weighted by Gasteiger charge is -2.18. The molecule has 0 aliphatic carbocycles. The Labute approximate surface area is 95.9 Å². The summed E-state index contributed by atoms with van der Waals surface area (Å²) in [4.78, 5) is 0. The Morgan fingerprint density at radius 2 is 1.62 bits per heavy atom. The van der Waals surface area contributed by atoms with Gasteiger partial charge < -0.3 is 5.32 Å². The van der Waals surface area contributed by atoms with E-state index in [9.17, 15) is 8.78 Å². The van der Waals surface area contributed by atoms with Gasteiger partial charge in [0.15, 0.2) is 0 Å². The summed E-state index contributed by atoms with van der Waals surface area (Å²) in [5.41, 5.74) is 0.923. The average Bonchev–Trinajstić information content (AvgIpc) is 2.09. The lowest BCUT2D eigenvalue weighted by Crippen LogP contribution is -2.28. The van der Waals surface area contributed by atoms with Crippen LogP contribution in [0, 0.1) is 17.0 Å². The van der Waals surface area contributed by atoms with Crippen LogP contribution in [0.5, 0.6) is 0 Å². The number of hydrogen-bond donors (Lipinski definition) is 1. The third-order valence-electron chi connectivity index (χ3n) is 2.17. The van der Waals surface area contributed by atoms with Crippen LogP contribution in [-0.2, 0) is 6.42 Å². The number of rotatable bonds is 4. The minimum atomic E-state index is -0.508. The molecule has 3 heteroatoms. The van der Waals surface area contributed by atoms with E-state index in [0.29, 0.717) is 12.0 Å². The molecule has 0 saturated heterocycles. The van der Waals surface area contributed by atoms with Gasteiger partial charge in [0.05, 0.1) is 0 Å². The summed E-state index contributed by atoms with van der Waals surface area (Å²) in [6.07, 6.45) is 0.644. The van der Waals surface area contributed by atoms with Crippen molar-refractivity contribution in [3.05, 3.63) is 35.4 Å². The molecule has 0 bridgehead atoms. The highest BCUT2D eigenvalue weighted by molar-refractivity contribution is 5.18. The van der Waals surface area contributed by atoms with E-state index in [2.05, 4.69) is 26.1 Å². The SMILES string of the molecule is CC(C)(C)CNCCc1cc(F)cc(F)c1. The summed E-state index contributed by atoms with van der Waals surface area (Å²) in [5.74, 6) is -1.02. The van der Waals surface area contributed by atoms with E-state index >= 15 is 0 Å². The molecule has 1 aromatic rings. The number of halogens is 2. The molecule has 0 aromatic heterocycles. The van der Waals surface area contributed by atoms with Crippen molar-refractivity contribution in [2.45, 2.75) is 27.2 Å². The first-order chi connectivity index (χ1) is 7.37. The maximum atomic E-state index is 12.9. The van der Waals surface area contributed by atoms with Crippen LogP contribution in [0.1, 0.15) is 26.3 Å². The fourth-order valence-electron chi connectivity index (χ4n) is 1.45. The molecule has 1 rings (SSSR count). The Bertz CT molecular complexity index is 322. The third kappa shape index (κ3) is 5.21. The van der Waals surface area contributed by atoms with Crippen molar-refractivity contribution >= 4 is 0 Å². The molecule has 0 aliphatic heterocycles. The topological polar surface area (TPSA) is 12.0 Å². The van der Waals surface area contributed by atoms with Gasteiger partial charge in [-0.2, -0.15) is 0 Å². The van der Waals surface area contributed by atoms with Gasteiger partial charge in [0, 0.05) is 12.6 Å².